The summed E-state index contributed by atoms with van der Waals surface area (Å²) in [6.07, 6.45) is 7.42. The van der Waals surface area contributed by atoms with Crippen LogP contribution in [-0.4, -0.2) is 25.4 Å². The zero-order valence-electron chi connectivity index (χ0n) is 9.23. The third-order valence-electron chi connectivity index (χ3n) is 1.82. The van der Waals surface area contributed by atoms with Crippen molar-refractivity contribution in [2.45, 2.75) is 13.8 Å². The number of allylic oxidation sites excluding steroid dienone is 4. The lowest BCUT2D eigenvalue weighted by Gasteiger charge is -2.07. The van der Waals surface area contributed by atoms with Crippen molar-refractivity contribution in [3.05, 3.63) is 36.0 Å². The zero-order chi connectivity index (χ0) is 11.1. The van der Waals surface area contributed by atoms with Gasteiger partial charge in [0.05, 0.1) is 6.61 Å². The predicted octanol–water partition coefficient (Wildman–Crippen LogP) is 2.52. The smallest absolute Gasteiger partial charge is 0.213 e. The van der Waals surface area contributed by atoms with E-state index in [9.17, 15) is 0 Å². The van der Waals surface area contributed by atoms with Crippen LogP contribution >= 0.6 is 0 Å². The van der Waals surface area contributed by atoms with Crippen LogP contribution in [0.2, 0.25) is 0 Å². The van der Waals surface area contributed by atoms with Crippen LogP contribution in [0.15, 0.2) is 45.9 Å². The fraction of sp³-hybridized carbons (Fsp3) is 0.333. The lowest BCUT2D eigenvalue weighted by molar-refractivity contribution is 0.326. The molecule has 0 N–H and O–H groups in total. The van der Waals surface area contributed by atoms with E-state index < -0.39 is 0 Å². The molecule has 0 atom stereocenters. The van der Waals surface area contributed by atoms with E-state index in [1.54, 1.807) is 6.21 Å². The average Bonchev–Trinajstić information content (AvgIpc) is 2.20. The summed E-state index contributed by atoms with van der Waals surface area (Å²) < 4.78 is 5.42. The van der Waals surface area contributed by atoms with Gasteiger partial charge < -0.3 is 4.74 Å². The molecular weight excluding hydrogens is 188 g/mol. The second kappa shape index (κ2) is 5.96. The Morgan fingerprint density at radius 1 is 1.53 bits per heavy atom. The molecule has 0 spiro atoms. The lowest BCUT2D eigenvalue weighted by atomic mass is 10.2. The lowest BCUT2D eigenvalue weighted by Crippen LogP contribution is -2.07. The molecule has 0 aromatic heterocycles. The molecule has 1 aliphatic rings. The van der Waals surface area contributed by atoms with E-state index in [1.165, 1.54) is 0 Å². The van der Waals surface area contributed by atoms with Crippen molar-refractivity contribution < 1.29 is 4.74 Å². The zero-order valence-corrected chi connectivity index (χ0v) is 9.23. The Bertz CT molecular complexity index is 349. The average molecular weight is 204 g/mol. The molecule has 0 saturated heterocycles. The van der Waals surface area contributed by atoms with Crippen molar-refractivity contribution in [1.29, 1.82) is 0 Å². The van der Waals surface area contributed by atoms with Crippen LogP contribution in [0.4, 0.5) is 0 Å². The predicted molar refractivity (Wildman–Crippen MR) is 64.5 cm³/mol. The molecule has 3 heteroatoms. The van der Waals surface area contributed by atoms with Crippen molar-refractivity contribution in [3.8, 4) is 0 Å². The van der Waals surface area contributed by atoms with Gasteiger partial charge in [0.15, 0.2) is 0 Å². The Kier molecular flexibility index (Phi) is 4.54. The maximum atomic E-state index is 5.42. The van der Waals surface area contributed by atoms with Gasteiger partial charge in [-0.1, -0.05) is 12.7 Å². The van der Waals surface area contributed by atoms with Crippen molar-refractivity contribution >= 4 is 12.1 Å². The first-order valence-corrected chi connectivity index (χ1v) is 4.95. The Labute approximate surface area is 90.6 Å². The number of hydrogen-bond acceptors (Lipinski definition) is 3. The Morgan fingerprint density at radius 2 is 2.33 bits per heavy atom. The molecule has 0 aromatic rings. The Morgan fingerprint density at radius 3 is 3.07 bits per heavy atom. The molecule has 0 fully saturated rings. The first kappa shape index (κ1) is 11.4. The topological polar surface area (TPSA) is 34.0 Å². The highest BCUT2D eigenvalue weighted by molar-refractivity contribution is 5.93. The molecule has 15 heavy (non-hydrogen) atoms. The van der Waals surface area contributed by atoms with Gasteiger partial charge in [0.2, 0.25) is 5.90 Å². The molecule has 0 aromatic carbocycles. The van der Waals surface area contributed by atoms with Gasteiger partial charge >= 0.3 is 0 Å². The van der Waals surface area contributed by atoms with E-state index in [1.807, 2.05) is 32.1 Å². The SMILES string of the molecule is C=C1/C=C\C=N/C/N=C(OCC)\C(C)=C/1. The largest absolute Gasteiger partial charge is 0.478 e. The van der Waals surface area contributed by atoms with E-state index in [0.717, 1.165) is 11.1 Å². The first-order chi connectivity index (χ1) is 7.24. The number of rotatable bonds is 1. The van der Waals surface area contributed by atoms with E-state index in [0.29, 0.717) is 19.2 Å². The molecule has 3 nitrogen and oxygen atoms in total. The summed E-state index contributed by atoms with van der Waals surface area (Å²) >= 11 is 0. The van der Waals surface area contributed by atoms with Crippen LogP contribution < -0.4 is 0 Å². The standard InChI is InChI=1S/C12H16N2O/c1-4-15-12-11(3)8-10(2)6-5-7-13-9-14-12/h5-8H,2,4,9H2,1,3H3/b6-5-,11-8-,13-7-,14-12+. The van der Waals surface area contributed by atoms with Crippen molar-refractivity contribution in [2.24, 2.45) is 9.98 Å². The molecule has 0 amide bonds. The van der Waals surface area contributed by atoms with Crippen LogP contribution in [0, 0.1) is 0 Å². The third kappa shape index (κ3) is 3.94. The van der Waals surface area contributed by atoms with Gasteiger partial charge in [-0.15, -0.1) is 0 Å². The van der Waals surface area contributed by atoms with Gasteiger partial charge in [-0.3, -0.25) is 4.99 Å². The Hall–Kier alpha value is -1.64. The van der Waals surface area contributed by atoms with Crippen LogP contribution in [0.1, 0.15) is 13.8 Å². The van der Waals surface area contributed by atoms with Crippen molar-refractivity contribution in [3.63, 3.8) is 0 Å². The molecule has 0 bridgehead atoms. The van der Waals surface area contributed by atoms with Gasteiger partial charge in [0.25, 0.3) is 0 Å². The molecule has 0 aliphatic carbocycles. The van der Waals surface area contributed by atoms with E-state index in [-0.39, 0.29) is 0 Å². The molecular formula is C12H16N2O. The first-order valence-electron chi connectivity index (χ1n) is 4.95. The monoisotopic (exact) mass is 204 g/mol. The summed E-state index contributed by atoms with van der Waals surface area (Å²) in [6.45, 7) is 8.80. The molecule has 0 saturated carbocycles. The molecule has 1 rings (SSSR count). The maximum absolute atomic E-state index is 5.42. The van der Waals surface area contributed by atoms with Crippen LogP contribution in [-0.2, 0) is 4.74 Å². The minimum atomic E-state index is 0.400. The highest BCUT2D eigenvalue weighted by Crippen LogP contribution is 2.06. The van der Waals surface area contributed by atoms with Crippen molar-refractivity contribution in [1.82, 2.24) is 0 Å². The number of aliphatic imine (C=N–C) groups is 2. The Balaban J connectivity index is 2.93. The number of ether oxygens (including phenoxy) is 1. The van der Waals surface area contributed by atoms with Crippen LogP contribution in [0.5, 0.6) is 0 Å². The summed E-state index contributed by atoms with van der Waals surface area (Å²) in [6, 6.07) is 0. The molecule has 80 valence electrons. The fourth-order valence-electron chi connectivity index (χ4n) is 1.19. The highest BCUT2D eigenvalue weighted by Gasteiger charge is 2.02. The second-order valence-electron chi connectivity index (χ2n) is 3.13. The molecule has 0 radical (unpaired) electrons. The summed E-state index contributed by atoms with van der Waals surface area (Å²) in [4.78, 5) is 8.33. The van der Waals surface area contributed by atoms with Crippen LogP contribution in [0.3, 0.4) is 0 Å². The van der Waals surface area contributed by atoms with E-state index in [4.69, 9.17) is 4.74 Å². The van der Waals surface area contributed by atoms with Gasteiger partial charge in [-0.05, 0) is 31.6 Å². The summed E-state index contributed by atoms with van der Waals surface area (Å²) in [7, 11) is 0. The minimum Gasteiger partial charge on any atom is -0.478 e. The normalized spacial score (nSPS) is 28.3. The molecule has 1 heterocycles. The highest BCUT2D eigenvalue weighted by atomic mass is 16.5. The van der Waals surface area contributed by atoms with Crippen LogP contribution in [0.25, 0.3) is 0 Å². The fourth-order valence-corrected chi connectivity index (χ4v) is 1.19. The van der Waals surface area contributed by atoms with Gasteiger partial charge in [-0.25, -0.2) is 4.99 Å². The maximum Gasteiger partial charge on any atom is 0.213 e. The van der Waals surface area contributed by atoms with Gasteiger partial charge in [0, 0.05) is 11.8 Å². The summed E-state index contributed by atoms with van der Waals surface area (Å²) in [5, 5.41) is 0. The van der Waals surface area contributed by atoms with E-state index in [2.05, 4.69) is 16.6 Å². The summed E-state index contributed by atoms with van der Waals surface area (Å²) in [5.41, 5.74) is 1.89. The minimum absolute atomic E-state index is 0.400. The molecule has 1 aliphatic heterocycles. The van der Waals surface area contributed by atoms with Gasteiger partial charge in [0.1, 0.15) is 6.67 Å². The van der Waals surface area contributed by atoms with Crippen molar-refractivity contribution in [2.75, 3.05) is 13.3 Å². The quantitative estimate of drug-likeness (QED) is 0.646. The van der Waals surface area contributed by atoms with E-state index >= 15 is 0 Å². The summed E-state index contributed by atoms with van der Waals surface area (Å²) in [5.74, 6) is 0.645. The number of hydrogen-bond donors (Lipinski definition) is 0. The number of nitrogens with zero attached hydrogens (tertiary/aromatic N) is 2. The third-order valence-corrected chi connectivity index (χ3v) is 1.82. The van der Waals surface area contributed by atoms with Gasteiger partial charge in [-0.2, -0.15) is 0 Å². The molecule has 0 unspecified atom stereocenters. The second-order valence-corrected chi connectivity index (χ2v) is 3.13.